The zero-order chi connectivity index (χ0) is 11.7. The van der Waals surface area contributed by atoms with Gasteiger partial charge in [-0.3, -0.25) is 0 Å². The molecule has 0 saturated heterocycles. The Morgan fingerprint density at radius 1 is 1.38 bits per heavy atom. The fraction of sp³-hybridized carbons (Fsp3) is 0.182. The molecule has 0 unspecified atom stereocenters. The van der Waals surface area contributed by atoms with Crippen molar-refractivity contribution in [3.05, 3.63) is 33.5 Å². The van der Waals surface area contributed by atoms with Gasteiger partial charge in [0.1, 0.15) is 17.3 Å². The Morgan fingerprint density at radius 3 is 2.62 bits per heavy atom. The Hall–Kier alpha value is -1.24. The van der Waals surface area contributed by atoms with Crippen molar-refractivity contribution in [2.75, 3.05) is 12.8 Å². The molecule has 1 aromatic carbocycles. The minimum Gasteiger partial charge on any atom is -0.494 e. The van der Waals surface area contributed by atoms with E-state index in [2.05, 4.69) is 27.7 Å². The van der Waals surface area contributed by atoms with Gasteiger partial charge in [-0.25, -0.2) is 4.68 Å². The molecule has 0 aliphatic rings. The number of halogens is 1. The van der Waals surface area contributed by atoms with E-state index in [0.29, 0.717) is 5.82 Å². The summed E-state index contributed by atoms with van der Waals surface area (Å²) in [7, 11) is 1.64. The second-order valence-electron chi connectivity index (χ2n) is 3.37. The molecule has 0 aliphatic heterocycles. The van der Waals surface area contributed by atoms with Crippen LogP contribution in [-0.4, -0.2) is 16.9 Å². The Balaban J connectivity index is 2.63. The number of aromatic nitrogens is 2. The average molecular weight is 329 g/mol. The van der Waals surface area contributed by atoms with Gasteiger partial charge in [-0.2, -0.15) is 5.10 Å². The number of nitrogen functional groups attached to an aromatic ring is 1. The molecule has 0 saturated carbocycles. The van der Waals surface area contributed by atoms with Crippen LogP contribution in [0, 0.1) is 10.5 Å². The fourth-order valence-electron chi connectivity index (χ4n) is 1.51. The van der Waals surface area contributed by atoms with Gasteiger partial charge in [-0.15, -0.1) is 0 Å². The molecule has 0 fully saturated rings. The maximum atomic E-state index is 6.00. The van der Waals surface area contributed by atoms with Gasteiger partial charge in [0.05, 0.1) is 16.4 Å². The Kier molecular flexibility index (Phi) is 3.04. The lowest BCUT2D eigenvalue weighted by molar-refractivity contribution is 0.412. The summed E-state index contributed by atoms with van der Waals surface area (Å²) in [6.07, 6.45) is 0. The quantitative estimate of drug-likeness (QED) is 0.861. The van der Waals surface area contributed by atoms with Crippen molar-refractivity contribution >= 4 is 28.4 Å². The highest BCUT2D eigenvalue weighted by Crippen LogP contribution is 2.27. The van der Waals surface area contributed by atoms with Crippen LogP contribution in [0.2, 0.25) is 0 Å². The predicted molar refractivity (Wildman–Crippen MR) is 72.0 cm³/mol. The summed E-state index contributed by atoms with van der Waals surface area (Å²) in [6.45, 7) is 1.93. The molecular formula is C11H12IN3O. The fourth-order valence-corrected chi connectivity index (χ4v) is 1.85. The zero-order valence-electron chi connectivity index (χ0n) is 9.07. The molecular weight excluding hydrogens is 317 g/mol. The topological polar surface area (TPSA) is 53.1 Å². The third-order valence-corrected chi connectivity index (χ3v) is 3.67. The van der Waals surface area contributed by atoms with Gasteiger partial charge < -0.3 is 10.5 Å². The number of aryl methyl sites for hydroxylation is 1. The van der Waals surface area contributed by atoms with Crippen molar-refractivity contribution in [3.63, 3.8) is 0 Å². The molecule has 2 N–H and O–H groups in total. The number of ether oxygens (including phenoxy) is 1. The van der Waals surface area contributed by atoms with Gasteiger partial charge in [-0.05, 0) is 41.6 Å². The minimum atomic E-state index is 0.641. The molecule has 0 bridgehead atoms. The second-order valence-corrected chi connectivity index (χ2v) is 4.45. The third kappa shape index (κ3) is 1.75. The Morgan fingerprint density at radius 2 is 2.06 bits per heavy atom. The average Bonchev–Trinajstić information content (AvgIpc) is 2.57. The Labute approximate surface area is 108 Å². The number of hydrogen-bond acceptors (Lipinski definition) is 3. The van der Waals surface area contributed by atoms with E-state index in [4.69, 9.17) is 10.5 Å². The highest BCUT2D eigenvalue weighted by atomic mass is 127. The molecule has 0 spiro atoms. The smallest absolute Gasteiger partial charge is 0.144 e. The second kappa shape index (κ2) is 4.32. The number of para-hydroxylation sites is 2. The van der Waals surface area contributed by atoms with Crippen molar-refractivity contribution < 1.29 is 4.74 Å². The molecule has 4 nitrogen and oxygen atoms in total. The third-order valence-electron chi connectivity index (χ3n) is 2.33. The van der Waals surface area contributed by atoms with Crippen molar-refractivity contribution in [2.24, 2.45) is 0 Å². The number of methoxy groups -OCH3 is 1. The van der Waals surface area contributed by atoms with Gasteiger partial charge in [0.25, 0.3) is 0 Å². The maximum absolute atomic E-state index is 6.00. The van der Waals surface area contributed by atoms with Gasteiger partial charge in [0.15, 0.2) is 0 Å². The lowest BCUT2D eigenvalue weighted by Gasteiger charge is -2.09. The van der Waals surface area contributed by atoms with Crippen molar-refractivity contribution in [3.8, 4) is 11.4 Å². The normalized spacial score (nSPS) is 10.4. The highest BCUT2D eigenvalue weighted by molar-refractivity contribution is 14.1. The molecule has 16 heavy (non-hydrogen) atoms. The van der Waals surface area contributed by atoms with E-state index in [1.54, 1.807) is 11.8 Å². The number of nitrogens with zero attached hydrogens (tertiary/aromatic N) is 2. The van der Waals surface area contributed by atoms with E-state index >= 15 is 0 Å². The summed E-state index contributed by atoms with van der Waals surface area (Å²) in [4.78, 5) is 0. The van der Waals surface area contributed by atoms with Crippen molar-refractivity contribution in [1.82, 2.24) is 9.78 Å². The molecule has 2 rings (SSSR count). The lowest BCUT2D eigenvalue weighted by Crippen LogP contribution is -2.04. The minimum absolute atomic E-state index is 0.641. The number of rotatable bonds is 2. The molecule has 1 aromatic heterocycles. The van der Waals surface area contributed by atoms with Gasteiger partial charge in [0, 0.05) is 0 Å². The molecule has 2 aromatic rings. The molecule has 0 aliphatic carbocycles. The molecule has 0 amide bonds. The van der Waals surface area contributed by atoms with Crippen LogP contribution < -0.4 is 10.5 Å². The van der Waals surface area contributed by atoms with E-state index in [1.807, 2.05) is 31.2 Å². The van der Waals surface area contributed by atoms with Crippen LogP contribution in [-0.2, 0) is 0 Å². The van der Waals surface area contributed by atoms with Crippen LogP contribution in [0.15, 0.2) is 24.3 Å². The van der Waals surface area contributed by atoms with Crippen molar-refractivity contribution in [1.29, 1.82) is 0 Å². The SMILES string of the molecule is COc1ccccc1-n1nc(C)c(I)c1N. The molecule has 84 valence electrons. The first-order valence-corrected chi connectivity index (χ1v) is 5.87. The molecule has 5 heteroatoms. The first kappa shape index (κ1) is 11.3. The summed E-state index contributed by atoms with van der Waals surface area (Å²) in [5.74, 6) is 1.40. The van der Waals surface area contributed by atoms with E-state index in [-0.39, 0.29) is 0 Å². The number of benzene rings is 1. The summed E-state index contributed by atoms with van der Waals surface area (Å²) in [5.41, 5.74) is 7.77. The van der Waals surface area contributed by atoms with Crippen molar-refractivity contribution in [2.45, 2.75) is 6.92 Å². The zero-order valence-corrected chi connectivity index (χ0v) is 11.2. The van der Waals surface area contributed by atoms with Crippen LogP contribution in [0.25, 0.3) is 5.69 Å². The van der Waals surface area contributed by atoms with Gasteiger partial charge in [-0.1, -0.05) is 12.1 Å². The van der Waals surface area contributed by atoms with Crippen LogP contribution in [0.4, 0.5) is 5.82 Å². The Bertz CT molecular complexity index is 522. The number of nitrogens with two attached hydrogens (primary N) is 1. The highest BCUT2D eigenvalue weighted by Gasteiger charge is 2.13. The largest absolute Gasteiger partial charge is 0.494 e. The molecule has 0 atom stereocenters. The maximum Gasteiger partial charge on any atom is 0.144 e. The van der Waals surface area contributed by atoms with Crippen LogP contribution in [0.5, 0.6) is 5.75 Å². The molecule has 0 radical (unpaired) electrons. The van der Waals surface area contributed by atoms with E-state index in [0.717, 1.165) is 20.7 Å². The summed E-state index contributed by atoms with van der Waals surface area (Å²) in [5, 5.41) is 4.39. The van der Waals surface area contributed by atoms with E-state index in [9.17, 15) is 0 Å². The first-order chi connectivity index (χ1) is 7.65. The van der Waals surface area contributed by atoms with Crippen LogP contribution >= 0.6 is 22.6 Å². The van der Waals surface area contributed by atoms with Crippen LogP contribution in [0.3, 0.4) is 0 Å². The number of anilines is 1. The van der Waals surface area contributed by atoms with Gasteiger partial charge in [0.2, 0.25) is 0 Å². The van der Waals surface area contributed by atoms with Crippen LogP contribution in [0.1, 0.15) is 5.69 Å². The van der Waals surface area contributed by atoms with Gasteiger partial charge >= 0.3 is 0 Å². The standard InChI is InChI=1S/C11H12IN3O/c1-7-10(12)11(13)15(14-7)8-5-3-4-6-9(8)16-2/h3-6H,13H2,1-2H3. The first-order valence-electron chi connectivity index (χ1n) is 4.79. The lowest BCUT2D eigenvalue weighted by atomic mass is 10.3. The van der Waals surface area contributed by atoms with E-state index in [1.165, 1.54) is 0 Å². The molecule has 1 heterocycles. The number of hydrogen-bond donors (Lipinski definition) is 1. The summed E-state index contributed by atoms with van der Waals surface area (Å²) < 4.78 is 7.96. The monoisotopic (exact) mass is 329 g/mol. The summed E-state index contributed by atoms with van der Waals surface area (Å²) in [6, 6.07) is 7.66. The van der Waals surface area contributed by atoms with E-state index < -0.39 is 0 Å². The predicted octanol–water partition coefficient (Wildman–Crippen LogP) is 2.38. The summed E-state index contributed by atoms with van der Waals surface area (Å²) >= 11 is 2.19.